The van der Waals surface area contributed by atoms with Crippen LogP contribution in [-0.4, -0.2) is 62.1 Å². The standard InChI is InChI=1S/C28H33F2N3O2/c29-12-1-14-31-16-10-28(20-31)11-17-32(21-28)23-3-5-24(6-4-23)33-15-9-22-19-25(35-18-2-13-30)7-8-26(22)27(33)34/h3-9,15,19H,1-2,10-14,16-18,20-21H2/t28-/m0/s1. The summed E-state index contributed by atoms with van der Waals surface area (Å²) < 4.78 is 32.1. The molecule has 3 heterocycles. The van der Waals surface area contributed by atoms with Crippen LogP contribution in [0, 0.1) is 5.41 Å². The van der Waals surface area contributed by atoms with E-state index in [1.54, 1.807) is 22.9 Å². The summed E-state index contributed by atoms with van der Waals surface area (Å²) in [5, 5.41) is 1.43. The van der Waals surface area contributed by atoms with Gasteiger partial charge in [0.05, 0.1) is 20.0 Å². The average molecular weight is 482 g/mol. The third kappa shape index (κ3) is 5.06. The molecule has 35 heavy (non-hydrogen) atoms. The maximum absolute atomic E-state index is 13.2. The third-order valence-electron chi connectivity index (χ3n) is 7.48. The quantitative estimate of drug-likeness (QED) is 0.404. The van der Waals surface area contributed by atoms with Gasteiger partial charge < -0.3 is 14.5 Å². The third-order valence-corrected chi connectivity index (χ3v) is 7.48. The summed E-state index contributed by atoms with van der Waals surface area (Å²) >= 11 is 0. The molecule has 5 nitrogen and oxygen atoms in total. The van der Waals surface area contributed by atoms with Crippen LogP contribution in [0.1, 0.15) is 25.7 Å². The minimum atomic E-state index is -0.407. The van der Waals surface area contributed by atoms with E-state index in [9.17, 15) is 13.6 Å². The molecule has 0 N–H and O–H groups in total. The molecule has 1 aromatic heterocycles. The van der Waals surface area contributed by atoms with Gasteiger partial charge in [-0.2, -0.15) is 0 Å². The molecule has 2 aromatic carbocycles. The molecule has 2 saturated heterocycles. The molecule has 1 spiro atoms. The molecule has 2 fully saturated rings. The van der Waals surface area contributed by atoms with Crippen LogP contribution in [0.4, 0.5) is 14.5 Å². The van der Waals surface area contributed by atoms with Gasteiger partial charge in [-0.25, -0.2) is 0 Å². The number of anilines is 1. The second-order valence-electron chi connectivity index (χ2n) is 9.89. The molecule has 0 radical (unpaired) electrons. The maximum Gasteiger partial charge on any atom is 0.262 e. The van der Waals surface area contributed by atoms with Crippen molar-refractivity contribution in [3.63, 3.8) is 0 Å². The number of ether oxygens (including phenoxy) is 1. The van der Waals surface area contributed by atoms with Crippen LogP contribution in [-0.2, 0) is 0 Å². The molecule has 0 bridgehead atoms. The van der Waals surface area contributed by atoms with E-state index in [1.807, 2.05) is 24.3 Å². The molecule has 186 valence electrons. The second-order valence-corrected chi connectivity index (χ2v) is 9.89. The van der Waals surface area contributed by atoms with Gasteiger partial charge in [-0.05, 0) is 79.7 Å². The Balaban J connectivity index is 1.28. The summed E-state index contributed by atoms with van der Waals surface area (Å²) in [6.07, 6.45) is 5.13. The van der Waals surface area contributed by atoms with Gasteiger partial charge in [-0.3, -0.25) is 18.1 Å². The fourth-order valence-corrected chi connectivity index (χ4v) is 5.58. The van der Waals surface area contributed by atoms with E-state index >= 15 is 0 Å². The molecule has 0 aliphatic carbocycles. The summed E-state index contributed by atoms with van der Waals surface area (Å²) in [5.41, 5.74) is 2.25. The Morgan fingerprint density at radius 3 is 2.46 bits per heavy atom. The fraction of sp³-hybridized carbons (Fsp3) is 0.464. The highest BCUT2D eigenvalue weighted by atomic mass is 19.1. The number of halogens is 2. The highest BCUT2D eigenvalue weighted by Crippen LogP contribution is 2.41. The van der Waals surface area contributed by atoms with Gasteiger partial charge in [0, 0.05) is 61.0 Å². The minimum absolute atomic E-state index is 0.0787. The fourth-order valence-electron chi connectivity index (χ4n) is 5.58. The smallest absolute Gasteiger partial charge is 0.262 e. The van der Waals surface area contributed by atoms with Crippen molar-refractivity contribution >= 4 is 16.5 Å². The number of fused-ring (bicyclic) bond motifs is 1. The monoisotopic (exact) mass is 481 g/mol. The number of hydrogen-bond donors (Lipinski definition) is 0. The van der Waals surface area contributed by atoms with Crippen LogP contribution in [0.5, 0.6) is 5.75 Å². The maximum atomic E-state index is 13.2. The van der Waals surface area contributed by atoms with Gasteiger partial charge in [-0.15, -0.1) is 0 Å². The molecule has 2 aliphatic rings. The van der Waals surface area contributed by atoms with Crippen LogP contribution >= 0.6 is 0 Å². The van der Waals surface area contributed by atoms with Gasteiger partial charge in [0.2, 0.25) is 0 Å². The number of aromatic nitrogens is 1. The van der Waals surface area contributed by atoms with Crippen LogP contribution in [0.3, 0.4) is 0 Å². The first-order chi connectivity index (χ1) is 17.1. The van der Waals surface area contributed by atoms with Crippen molar-refractivity contribution in [2.24, 2.45) is 5.41 Å². The summed E-state index contributed by atoms with van der Waals surface area (Å²) in [6.45, 7) is 4.74. The van der Waals surface area contributed by atoms with Gasteiger partial charge >= 0.3 is 0 Å². The first-order valence-corrected chi connectivity index (χ1v) is 12.6. The van der Waals surface area contributed by atoms with Crippen LogP contribution in [0.25, 0.3) is 16.5 Å². The Hall–Kier alpha value is -2.93. The molecule has 1 atom stereocenters. The summed E-state index contributed by atoms with van der Waals surface area (Å²) in [5.74, 6) is 0.642. The van der Waals surface area contributed by atoms with E-state index in [4.69, 9.17) is 4.74 Å². The molecule has 0 amide bonds. The van der Waals surface area contributed by atoms with Crippen molar-refractivity contribution in [1.82, 2.24) is 9.47 Å². The minimum Gasteiger partial charge on any atom is -0.493 e. The number of likely N-dealkylation sites (tertiary alicyclic amines) is 1. The lowest BCUT2D eigenvalue weighted by Gasteiger charge is -2.25. The molecule has 0 unspecified atom stereocenters. The van der Waals surface area contributed by atoms with Crippen LogP contribution < -0.4 is 15.2 Å². The molecule has 0 saturated carbocycles. The normalized spacial score (nSPS) is 20.3. The van der Waals surface area contributed by atoms with Gasteiger partial charge in [0.1, 0.15) is 5.75 Å². The predicted octanol–water partition coefficient (Wildman–Crippen LogP) is 4.99. The van der Waals surface area contributed by atoms with Crippen LogP contribution in [0.2, 0.25) is 0 Å². The van der Waals surface area contributed by atoms with Gasteiger partial charge in [0.15, 0.2) is 0 Å². The number of nitrogens with zero attached hydrogens (tertiary/aromatic N) is 3. The summed E-state index contributed by atoms with van der Waals surface area (Å²) in [6, 6.07) is 15.5. The zero-order valence-corrected chi connectivity index (χ0v) is 20.1. The Morgan fingerprint density at radius 1 is 0.886 bits per heavy atom. The highest BCUT2D eigenvalue weighted by Gasteiger charge is 2.43. The predicted molar refractivity (Wildman–Crippen MR) is 137 cm³/mol. The first-order valence-electron chi connectivity index (χ1n) is 12.6. The van der Waals surface area contributed by atoms with E-state index < -0.39 is 6.67 Å². The summed E-state index contributed by atoms with van der Waals surface area (Å²) in [4.78, 5) is 18.0. The topological polar surface area (TPSA) is 37.7 Å². The Kier molecular flexibility index (Phi) is 7.04. The lowest BCUT2D eigenvalue weighted by Crippen LogP contribution is -2.31. The second kappa shape index (κ2) is 10.4. The molecule has 2 aliphatic heterocycles. The Bertz CT molecular complexity index is 1210. The highest BCUT2D eigenvalue weighted by molar-refractivity contribution is 5.83. The van der Waals surface area contributed by atoms with Crippen molar-refractivity contribution in [1.29, 1.82) is 0 Å². The lowest BCUT2D eigenvalue weighted by molar-refractivity contribution is 0.264. The zero-order chi connectivity index (χ0) is 24.3. The number of rotatable bonds is 9. The Morgan fingerprint density at radius 2 is 1.66 bits per heavy atom. The number of benzene rings is 2. The molecular weight excluding hydrogens is 448 g/mol. The molecule has 7 heteroatoms. The molecular formula is C28H33F2N3O2. The van der Waals surface area contributed by atoms with Crippen molar-refractivity contribution in [2.45, 2.75) is 25.7 Å². The van der Waals surface area contributed by atoms with E-state index in [0.29, 0.717) is 36.0 Å². The Labute approximate surface area is 204 Å². The zero-order valence-electron chi connectivity index (χ0n) is 20.1. The number of pyridine rings is 1. The summed E-state index contributed by atoms with van der Waals surface area (Å²) in [7, 11) is 0. The molecule has 3 aromatic rings. The van der Waals surface area contributed by atoms with E-state index in [2.05, 4.69) is 21.9 Å². The van der Waals surface area contributed by atoms with Crippen molar-refractivity contribution in [3.8, 4) is 11.4 Å². The number of hydrogen-bond acceptors (Lipinski definition) is 4. The largest absolute Gasteiger partial charge is 0.493 e. The van der Waals surface area contributed by atoms with Crippen LogP contribution in [0.15, 0.2) is 59.5 Å². The first kappa shape index (κ1) is 23.8. The van der Waals surface area contributed by atoms with Gasteiger partial charge in [0.25, 0.3) is 5.56 Å². The molecule has 5 rings (SSSR count). The van der Waals surface area contributed by atoms with E-state index in [1.165, 1.54) is 18.5 Å². The van der Waals surface area contributed by atoms with E-state index in [-0.39, 0.29) is 12.2 Å². The van der Waals surface area contributed by atoms with E-state index in [0.717, 1.165) is 43.8 Å². The SMILES string of the molecule is O=c1c2ccc(OCCCF)cc2ccn1-c1ccc(N2CC[C@]3(CCN(CCCF)C3)C2)cc1. The van der Waals surface area contributed by atoms with Crippen molar-refractivity contribution in [2.75, 3.05) is 57.6 Å². The lowest BCUT2D eigenvalue weighted by atomic mass is 9.86. The van der Waals surface area contributed by atoms with Crippen molar-refractivity contribution < 1.29 is 13.5 Å². The van der Waals surface area contributed by atoms with Gasteiger partial charge in [-0.1, -0.05) is 0 Å². The average Bonchev–Trinajstić information content (AvgIpc) is 3.49. The van der Waals surface area contributed by atoms with Crippen molar-refractivity contribution in [3.05, 3.63) is 65.1 Å². The number of alkyl halides is 2.